The fourth-order valence-corrected chi connectivity index (χ4v) is 2.56. The molecule has 0 spiro atoms. The molecule has 0 aliphatic heterocycles. The third-order valence-electron chi connectivity index (χ3n) is 2.72. The minimum atomic E-state index is -0.788. The number of rotatable bonds is 5. The molecule has 0 amide bonds. The zero-order valence-electron chi connectivity index (χ0n) is 10.3. The van der Waals surface area contributed by atoms with Gasteiger partial charge in [-0.05, 0) is 12.5 Å². The van der Waals surface area contributed by atoms with Crippen LogP contribution in [-0.4, -0.2) is 21.1 Å². The van der Waals surface area contributed by atoms with Crippen molar-refractivity contribution in [2.45, 2.75) is 12.5 Å². The van der Waals surface area contributed by atoms with E-state index in [1.54, 1.807) is 24.1 Å². The summed E-state index contributed by atoms with van der Waals surface area (Å²) >= 11 is 1.57. The first-order valence-electron chi connectivity index (χ1n) is 5.97. The zero-order chi connectivity index (χ0) is 13.7. The van der Waals surface area contributed by atoms with Crippen LogP contribution in [0.2, 0.25) is 0 Å². The molecule has 0 radical (unpaired) electrons. The molecule has 19 heavy (non-hydrogen) atoms. The van der Waals surface area contributed by atoms with Crippen LogP contribution in [0.15, 0.2) is 48.8 Å². The summed E-state index contributed by atoms with van der Waals surface area (Å²) in [5.41, 5.74) is 0.360. The van der Waals surface area contributed by atoms with Gasteiger partial charge in [-0.25, -0.2) is 0 Å². The molecule has 0 aliphatic rings. The minimum absolute atomic E-state index is 0.207. The van der Waals surface area contributed by atoms with Crippen LogP contribution in [0.5, 0.6) is 11.5 Å². The Morgan fingerprint density at radius 2 is 1.79 bits per heavy atom. The number of phenols is 2. The van der Waals surface area contributed by atoms with Crippen LogP contribution >= 0.6 is 11.9 Å². The van der Waals surface area contributed by atoms with Gasteiger partial charge in [-0.3, -0.25) is 0 Å². The van der Waals surface area contributed by atoms with E-state index in [0.717, 1.165) is 0 Å². The summed E-state index contributed by atoms with van der Waals surface area (Å²) in [6, 6.07) is 10.4. The first-order valence-corrected chi connectivity index (χ1v) is 6.91. The standard InChI is InChI=1S/C14H15NO3S/c16-12(11-5-4-6-13(17)14(11)18)7-10-19-15-8-2-1-3-9-15/h1-6,8-9,12,16H,7,10H2,(H-,17,18)/p+1. The molecule has 2 rings (SSSR count). The summed E-state index contributed by atoms with van der Waals surface area (Å²) in [6.45, 7) is 0. The van der Waals surface area contributed by atoms with Crippen LogP contribution in [0.1, 0.15) is 18.1 Å². The Morgan fingerprint density at radius 3 is 2.53 bits per heavy atom. The number of aliphatic hydroxyl groups is 1. The molecule has 5 heteroatoms. The molecule has 1 aromatic heterocycles. The van der Waals surface area contributed by atoms with Gasteiger partial charge in [0.25, 0.3) is 0 Å². The molecule has 1 unspecified atom stereocenters. The van der Waals surface area contributed by atoms with Crippen LogP contribution in [0.4, 0.5) is 0 Å². The van der Waals surface area contributed by atoms with Crippen molar-refractivity contribution in [1.29, 1.82) is 0 Å². The average molecular weight is 278 g/mol. The molecule has 1 atom stereocenters. The highest BCUT2D eigenvalue weighted by Crippen LogP contribution is 2.33. The third-order valence-corrected chi connectivity index (χ3v) is 3.68. The summed E-state index contributed by atoms with van der Waals surface area (Å²) in [6.07, 6.45) is 3.57. The third kappa shape index (κ3) is 3.62. The van der Waals surface area contributed by atoms with E-state index in [1.807, 2.05) is 34.6 Å². The van der Waals surface area contributed by atoms with Gasteiger partial charge in [0.15, 0.2) is 35.8 Å². The lowest BCUT2D eigenvalue weighted by Crippen LogP contribution is -2.24. The molecule has 1 heterocycles. The maximum Gasteiger partial charge on any atom is 0.183 e. The number of hydrogen-bond donors (Lipinski definition) is 3. The maximum atomic E-state index is 10.0. The molecule has 1 aromatic carbocycles. The number of benzene rings is 1. The smallest absolute Gasteiger partial charge is 0.183 e. The molecule has 0 aliphatic carbocycles. The van der Waals surface area contributed by atoms with Gasteiger partial charge in [0.1, 0.15) is 0 Å². The SMILES string of the molecule is Oc1cccc(C(O)CCS[n+]2ccccc2)c1O. The number of hydrogen-bond acceptors (Lipinski definition) is 4. The van der Waals surface area contributed by atoms with Gasteiger partial charge in [0, 0.05) is 17.7 Å². The van der Waals surface area contributed by atoms with Gasteiger partial charge < -0.3 is 15.3 Å². The monoisotopic (exact) mass is 278 g/mol. The van der Waals surface area contributed by atoms with E-state index >= 15 is 0 Å². The van der Waals surface area contributed by atoms with E-state index in [-0.39, 0.29) is 11.5 Å². The molecule has 0 saturated heterocycles. The Labute approximate surface area is 116 Å². The normalized spacial score (nSPS) is 12.3. The molecule has 2 aromatic rings. The number of aliphatic hydroxyl groups excluding tert-OH is 1. The van der Waals surface area contributed by atoms with E-state index < -0.39 is 6.10 Å². The van der Waals surface area contributed by atoms with E-state index in [9.17, 15) is 15.3 Å². The van der Waals surface area contributed by atoms with Crippen molar-refractivity contribution in [2.24, 2.45) is 0 Å². The Balaban J connectivity index is 1.91. The predicted molar refractivity (Wildman–Crippen MR) is 73.8 cm³/mol. The number of para-hydroxylation sites is 1. The summed E-state index contributed by atoms with van der Waals surface area (Å²) in [5.74, 6) is 0.249. The van der Waals surface area contributed by atoms with Crippen LogP contribution in [0.25, 0.3) is 0 Å². The van der Waals surface area contributed by atoms with Crippen LogP contribution in [-0.2, 0) is 0 Å². The lowest BCUT2D eigenvalue weighted by molar-refractivity contribution is -0.494. The second-order valence-electron chi connectivity index (χ2n) is 4.09. The highest BCUT2D eigenvalue weighted by atomic mass is 32.2. The van der Waals surface area contributed by atoms with Crippen LogP contribution in [0.3, 0.4) is 0 Å². The first kappa shape index (κ1) is 13.7. The molecule has 3 N–H and O–H groups in total. The van der Waals surface area contributed by atoms with Gasteiger partial charge in [0.05, 0.1) is 11.9 Å². The maximum absolute atomic E-state index is 10.0. The van der Waals surface area contributed by atoms with Crippen molar-refractivity contribution in [2.75, 3.05) is 5.75 Å². The van der Waals surface area contributed by atoms with Crippen molar-refractivity contribution < 1.29 is 19.3 Å². The average Bonchev–Trinajstić information content (AvgIpc) is 2.43. The number of nitrogens with zero attached hydrogens (tertiary/aromatic N) is 1. The Hall–Kier alpha value is -1.72. The first-order chi connectivity index (χ1) is 9.18. The summed E-state index contributed by atoms with van der Waals surface area (Å²) in [7, 11) is 0. The van der Waals surface area contributed by atoms with Gasteiger partial charge in [-0.2, -0.15) is 0 Å². The number of pyridine rings is 1. The van der Waals surface area contributed by atoms with Crippen molar-refractivity contribution >= 4 is 11.9 Å². The van der Waals surface area contributed by atoms with Crippen LogP contribution in [0, 0.1) is 0 Å². The Bertz CT molecular complexity index is 533. The topological polar surface area (TPSA) is 64.6 Å². The van der Waals surface area contributed by atoms with Crippen molar-refractivity contribution in [3.05, 3.63) is 54.4 Å². The zero-order valence-corrected chi connectivity index (χ0v) is 11.1. The van der Waals surface area contributed by atoms with E-state index in [4.69, 9.17) is 0 Å². The molecule has 100 valence electrons. The minimum Gasteiger partial charge on any atom is -0.504 e. The number of aromatic hydroxyl groups is 2. The summed E-state index contributed by atoms with van der Waals surface area (Å²) in [5, 5.41) is 29.1. The molecule has 0 fully saturated rings. The lowest BCUT2D eigenvalue weighted by atomic mass is 10.1. The summed E-state index contributed by atoms with van der Waals surface area (Å²) < 4.78 is 1.95. The molecular formula is C14H16NO3S+. The van der Waals surface area contributed by atoms with Gasteiger partial charge in [-0.1, -0.05) is 18.2 Å². The Morgan fingerprint density at radius 1 is 1.05 bits per heavy atom. The van der Waals surface area contributed by atoms with Crippen molar-refractivity contribution in [3.8, 4) is 11.5 Å². The number of phenolic OH excluding ortho intramolecular Hbond substituents is 2. The van der Waals surface area contributed by atoms with E-state index in [1.165, 1.54) is 6.07 Å². The molecule has 4 nitrogen and oxygen atoms in total. The van der Waals surface area contributed by atoms with Crippen LogP contribution < -0.4 is 3.97 Å². The highest BCUT2D eigenvalue weighted by Gasteiger charge is 2.15. The largest absolute Gasteiger partial charge is 0.504 e. The highest BCUT2D eigenvalue weighted by molar-refractivity contribution is 7.92. The van der Waals surface area contributed by atoms with E-state index in [2.05, 4.69) is 0 Å². The second-order valence-corrected chi connectivity index (χ2v) is 5.18. The second kappa shape index (κ2) is 6.45. The molecular weight excluding hydrogens is 262 g/mol. The summed E-state index contributed by atoms with van der Waals surface area (Å²) in [4.78, 5) is 0. The quantitative estimate of drug-likeness (QED) is 0.578. The fraction of sp³-hybridized carbons (Fsp3) is 0.214. The molecule has 0 saturated carbocycles. The Kier molecular flexibility index (Phi) is 4.65. The fourth-order valence-electron chi connectivity index (χ4n) is 1.71. The van der Waals surface area contributed by atoms with Crippen molar-refractivity contribution in [3.63, 3.8) is 0 Å². The lowest BCUT2D eigenvalue weighted by Gasteiger charge is -2.11. The van der Waals surface area contributed by atoms with Gasteiger partial charge in [0.2, 0.25) is 0 Å². The predicted octanol–water partition coefficient (Wildman–Crippen LogP) is 2.01. The number of aromatic nitrogens is 1. The van der Waals surface area contributed by atoms with Crippen molar-refractivity contribution in [1.82, 2.24) is 0 Å². The molecule has 0 bridgehead atoms. The van der Waals surface area contributed by atoms with Gasteiger partial charge in [-0.15, -0.1) is 3.97 Å². The van der Waals surface area contributed by atoms with E-state index in [0.29, 0.717) is 17.7 Å². The van der Waals surface area contributed by atoms with Gasteiger partial charge >= 0.3 is 0 Å².